The van der Waals surface area contributed by atoms with Crippen LogP contribution < -0.4 is 0 Å². The molecule has 0 amide bonds. The maximum atomic E-state index is 9.87. The van der Waals surface area contributed by atoms with E-state index < -0.39 is 7.81 Å². The van der Waals surface area contributed by atoms with Crippen LogP contribution in [-0.2, 0) is 11.4 Å². The zero-order valence-electron chi connectivity index (χ0n) is 19.6. The molecule has 5 aliphatic rings. The first-order chi connectivity index (χ1) is 17.3. The molecule has 4 aliphatic carbocycles. The molecular formula is C27H21F6PS3. The van der Waals surface area contributed by atoms with Gasteiger partial charge in [0.15, 0.2) is 5.37 Å². The third-order valence-electron chi connectivity index (χ3n) is 5.48. The zero-order valence-corrected chi connectivity index (χ0v) is 22.9. The van der Waals surface area contributed by atoms with Crippen LogP contribution in [0.4, 0.5) is 25.2 Å². The van der Waals surface area contributed by atoms with Gasteiger partial charge in [0.1, 0.15) is 0 Å². The Morgan fingerprint density at radius 2 is 1.05 bits per heavy atom. The van der Waals surface area contributed by atoms with E-state index in [9.17, 15) is 25.2 Å². The summed E-state index contributed by atoms with van der Waals surface area (Å²) in [6, 6.07) is 26.6. The van der Waals surface area contributed by atoms with E-state index in [1.54, 1.807) is 0 Å². The Hall–Kier alpha value is -2.32. The number of halogens is 6. The molecule has 0 aromatic carbocycles. The summed E-state index contributed by atoms with van der Waals surface area (Å²) in [5.74, 6) is 0. The monoisotopic (exact) mass is 586 g/mol. The van der Waals surface area contributed by atoms with Crippen molar-refractivity contribution < 1.29 is 25.2 Å². The van der Waals surface area contributed by atoms with E-state index in [2.05, 4.69) is 103 Å². The van der Waals surface area contributed by atoms with Gasteiger partial charge >= 0.3 is 33.0 Å². The summed E-state index contributed by atoms with van der Waals surface area (Å²) >= 11 is 5.46. The summed E-state index contributed by atoms with van der Waals surface area (Å²) in [7, 11) is -10.7. The molecular weight excluding hydrogens is 565 g/mol. The van der Waals surface area contributed by atoms with Crippen molar-refractivity contribution in [3.8, 4) is 22.3 Å². The van der Waals surface area contributed by atoms with Crippen molar-refractivity contribution in [2.75, 3.05) is 12.5 Å². The van der Waals surface area contributed by atoms with Crippen molar-refractivity contribution in [2.45, 2.75) is 9.79 Å². The summed E-state index contributed by atoms with van der Waals surface area (Å²) < 4.78 is 59.2. The standard InChI is InChI=1S/C27H21S3.F6P/c1-28-25-16-22(18-10-5-3-7-12-20(18)25)27(24-14-9-15-30-24)23-17-26(29-2)21-13-8-4-6-11-19(21)23;1-7(2,3,4,5)6/h3-17H,1-2H3;/q+1;-1. The number of hydrogen-bond acceptors (Lipinski definition) is 2. The molecule has 0 radical (unpaired) electrons. The van der Waals surface area contributed by atoms with Gasteiger partial charge < -0.3 is 0 Å². The first kappa shape index (κ1) is 27.7. The topological polar surface area (TPSA) is 0 Å². The molecule has 0 aromatic heterocycles. The third kappa shape index (κ3) is 7.17. The van der Waals surface area contributed by atoms with Crippen LogP contribution in [0.5, 0.6) is 0 Å². The molecule has 5 rings (SSSR count). The normalized spacial score (nSPS) is 14.9. The summed E-state index contributed by atoms with van der Waals surface area (Å²) in [5.41, 5.74) is 9.24. The van der Waals surface area contributed by atoms with Crippen molar-refractivity contribution in [1.29, 1.82) is 0 Å². The first-order valence-electron chi connectivity index (χ1n) is 10.9. The minimum absolute atomic E-state index is 1.31. The predicted octanol–water partition coefficient (Wildman–Crippen LogP) is 10.9. The van der Waals surface area contributed by atoms with E-state index in [4.69, 9.17) is 0 Å². The van der Waals surface area contributed by atoms with Crippen molar-refractivity contribution in [2.24, 2.45) is 0 Å². The molecule has 0 bridgehead atoms. The second kappa shape index (κ2) is 9.77. The van der Waals surface area contributed by atoms with Gasteiger partial charge in [-0.3, -0.25) is 0 Å². The van der Waals surface area contributed by atoms with Gasteiger partial charge in [-0.25, -0.2) is 0 Å². The Morgan fingerprint density at radius 1 is 0.649 bits per heavy atom. The second-order valence-corrected chi connectivity index (χ2v) is 12.6. The Labute approximate surface area is 223 Å². The molecule has 194 valence electrons. The van der Waals surface area contributed by atoms with Gasteiger partial charge in [0.25, 0.3) is 0 Å². The second-order valence-electron chi connectivity index (χ2n) is 8.04. The summed E-state index contributed by atoms with van der Waals surface area (Å²) in [5, 5.41) is 2.18. The van der Waals surface area contributed by atoms with Crippen LogP contribution in [0.2, 0.25) is 0 Å². The van der Waals surface area contributed by atoms with E-state index in [0.717, 1.165) is 0 Å². The summed E-state index contributed by atoms with van der Waals surface area (Å²) in [4.78, 5) is 3.97. The third-order valence-corrected chi connectivity index (χ3v) is 7.93. The molecule has 0 saturated carbocycles. The summed E-state index contributed by atoms with van der Waals surface area (Å²) in [6.07, 6.45) is 8.74. The molecule has 0 fully saturated rings. The van der Waals surface area contributed by atoms with Crippen molar-refractivity contribution in [1.82, 2.24) is 0 Å². The van der Waals surface area contributed by atoms with Crippen molar-refractivity contribution >= 4 is 53.6 Å². The van der Waals surface area contributed by atoms with Crippen LogP contribution in [0.3, 0.4) is 0 Å². The van der Waals surface area contributed by atoms with Crippen LogP contribution in [0, 0.1) is 0 Å². The van der Waals surface area contributed by atoms with Crippen LogP contribution in [0.15, 0.2) is 99.6 Å². The molecule has 0 atom stereocenters. The van der Waals surface area contributed by atoms with E-state index in [-0.39, 0.29) is 0 Å². The van der Waals surface area contributed by atoms with Crippen LogP contribution >= 0.6 is 31.3 Å². The molecule has 0 N–H and O–H groups in total. The van der Waals surface area contributed by atoms with Gasteiger partial charge in [0, 0.05) is 21.9 Å². The fraction of sp³-hybridized carbons (Fsp3) is 0.0741. The zero-order chi connectivity index (χ0) is 26.9. The van der Waals surface area contributed by atoms with Crippen LogP contribution in [-0.4, -0.2) is 17.9 Å². The molecule has 1 aliphatic heterocycles. The van der Waals surface area contributed by atoms with Crippen LogP contribution in [0.1, 0.15) is 11.1 Å². The minimum atomic E-state index is -10.7. The van der Waals surface area contributed by atoms with E-state index in [1.165, 1.54) is 53.6 Å². The number of rotatable bonds is 4. The van der Waals surface area contributed by atoms with Crippen molar-refractivity contribution in [3.05, 3.63) is 101 Å². The SMILES string of the molecule is CSc1cc(C(=C2C=CC=[S+]2)c2cc(SC)c3cccccc2-3)c2cccccc1-2.F[P-](F)(F)(F)(F)F. The summed E-state index contributed by atoms with van der Waals surface area (Å²) in [6.45, 7) is 0. The molecule has 0 nitrogen and oxygen atoms in total. The van der Waals surface area contributed by atoms with Gasteiger partial charge in [0.2, 0.25) is 16.3 Å². The number of hydrogen-bond donors (Lipinski definition) is 0. The Bertz CT molecular complexity index is 1380. The molecule has 0 aromatic rings. The Morgan fingerprint density at radius 3 is 1.41 bits per heavy atom. The Balaban J connectivity index is 0.000000405. The molecule has 10 heteroatoms. The molecule has 37 heavy (non-hydrogen) atoms. The van der Waals surface area contributed by atoms with Gasteiger partial charge in [-0.15, -0.1) is 23.5 Å². The molecule has 0 saturated heterocycles. The van der Waals surface area contributed by atoms with E-state index in [0.29, 0.717) is 0 Å². The molecule has 0 spiro atoms. The Kier molecular flexibility index (Phi) is 7.32. The average molecular weight is 587 g/mol. The number of allylic oxidation sites excluding steroid dienone is 2. The average Bonchev–Trinajstić information content (AvgIpc) is 3.41. The fourth-order valence-corrected chi connectivity index (χ4v) is 6.22. The van der Waals surface area contributed by atoms with Gasteiger partial charge in [-0.1, -0.05) is 60.7 Å². The fourth-order valence-electron chi connectivity index (χ4n) is 4.15. The van der Waals surface area contributed by atoms with E-state index >= 15 is 0 Å². The van der Waals surface area contributed by atoms with Crippen LogP contribution in [0.25, 0.3) is 27.8 Å². The van der Waals surface area contributed by atoms with Gasteiger partial charge in [0.05, 0.1) is 5.57 Å². The molecule has 0 unspecified atom stereocenters. The predicted molar refractivity (Wildman–Crippen MR) is 152 cm³/mol. The van der Waals surface area contributed by atoms with Gasteiger partial charge in [-0.05, 0) is 58.0 Å². The van der Waals surface area contributed by atoms with E-state index in [1.807, 2.05) is 34.9 Å². The maximum absolute atomic E-state index is 10.7. The van der Waals surface area contributed by atoms with Gasteiger partial charge in [-0.2, -0.15) is 0 Å². The number of fused-ring (bicyclic) bond motifs is 2. The van der Waals surface area contributed by atoms with Crippen molar-refractivity contribution in [3.63, 3.8) is 0 Å². The first-order valence-corrected chi connectivity index (χ1v) is 16.2. The molecule has 1 heterocycles. The quantitative estimate of drug-likeness (QED) is 0.0767. The number of thioether (sulfide) groups is 2.